The number of carbonyl (C=O) groups is 1. The molecule has 110 valence electrons. The lowest BCUT2D eigenvalue weighted by molar-refractivity contribution is -0.155. The zero-order chi connectivity index (χ0) is 15.2. The molecule has 0 spiro atoms. The van der Waals surface area contributed by atoms with Crippen molar-refractivity contribution in [3.05, 3.63) is 28.8 Å². The van der Waals surface area contributed by atoms with Crippen LogP contribution in [0.5, 0.6) is 0 Å². The number of nitrogens with zero attached hydrogens (tertiary/aromatic N) is 1. The number of benzene rings is 1. The number of amides is 2. The topological polar surface area (TPSA) is 32.3 Å². The number of anilines is 1. The summed E-state index contributed by atoms with van der Waals surface area (Å²) in [5.41, 5.74) is 0.0262. The third kappa shape index (κ3) is 2.79. The number of rotatable bonds is 0. The Bertz CT molecular complexity index is 658. The number of nitrogens with one attached hydrogen (secondary N) is 1. The molecule has 1 aromatic carbocycles. The van der Waals surface area contributed by atoms with E-state index >= 15 is 0 Å². The van der Waals surface area contributed by atoms with Gasteiger partial charge >= 0.3 is 12.2 Å². The largest absolute Gasteiger partial charge is 0.413 e. The number of hydrogen-bond acceptors (Lipinski definition) is 1. The van der Waals surface area contributed by atoms with Crippen molar-refractivity contribution in [1.29, 1.82) is 0 Å². The SMILES string of the molecule is O=C1NC(C(F)(F)F)c2cc(Cl)ccc2N1C#CC1CC1. The first kappa shape index (κ1) is 14.1. The molecule has 0 bridgehead atoms. The summed E-state index contributed by atoms with van der Waals surface area (Å²) in [6.45, 7) is 0. The molecule has 1 saturated carbocycles. The summed E-state index contributed by atoms with van der Waals surface area (Å²) in [5.74, 6) is 3.10. The summed E-state index contributed by atoms with van der Waals surface area (Å²) in [7, 11) is 0. The van der Waals surface area contributed by atoms with Crippen LogP contribution in [0.15, 0.2) is 18.2 Å². The smallest absolute Gasteiger partial charge is 0.321 e. The van der Waals surface area contributed by atoms with Crippen LogP contribution in [0.4, 0.5) is 23.7 Å². The van der Waals surface area contributed by atoms with Gasteiger partial charge in [-0.3, -0.25) is 0 Å². The van der Waals surface area contributed by atoms with Gasteiger partial charge in [0.15, 0.2) is 6.04 Å². The van der Waals surface area contributed by atoms with Crippen LogP contribution in [0.1, 0.15) is 24.4 Å². The predicted molar refractivity (Wildman–Crippen MR) is 71.8 cm³/mol. The lowest BCUT2D eigenvalue weighted by Gasteiger charge is -2.32. The van der Waals surface area contributed by atoms with Crippen molar-refractivity contribution in [2.75, 3.05) is 4.90 Å². The van der Waals surface area contributed by atoms with Gasteiger partial charge in [0.25, 0.3) is 0 Å². The van der Waals surface area contributed by atoms with Gasteiger partial charge in [-0.05, 0) is 31.0 Å². The lowest BCUT2D eigenvalue weighted by atomic mass is 10.0. The zero-order valence-corrected chi connectivity index (χ0v) is 11.4. The van der Waals surface area contributed by atoms with Crippen molar-refractivity contribution in [1.82, 2.24) is 5.32 Å². The van der Waals surface area contributed by atoms with Crippen molar-refractivity contribution >= 4 is 23.3 Å². The van der Waals surface area contributed by atoms with Crippen LogP contribution in [-0.2, 0) is 0 Å². The van der Waals surface area contributed by atoms with Crippen LogP contribution in [0.2, 0.25) is 5.02 Å². The fraction of sp³-hybridized carbons (Fsp3) is 0.357. The van der Waals surface area contributed by atoms with Crippen molar-refractivity contribution in [2.45, 2.75) is 25.1 Å². The molecule has 0 saturated heterocycles. The van der Waals surface area contributed by atoms with Gasteiger partial charge in [0.05, 0.1) is 5.69 Å². The summed E-state index contributed by atoms with van der Waals surface area (Å²) in [6.07, 6.45) is -2.67. The second-order valence-electron chi connectivity index (χ2n) is 4.99. The van der Waals surface area contributed by atoms with Crippen molar-refractivity contribution in [3.63, 3.8) is 0 Å². The lowest BCUT2D eigenvalue weighted by Crippen LogP contribution is -2.49. The molecule has 1 unspecified atom stereocenters. The molecule has 1 aromatic rings. The summed E-state index contributed by atoms with van der Waals surface area (Å²) in [4.78, 5) is 12.9. The standard InChI is InChI=1S/C14H10ClF3N2O/c15-9-3-4-11-10(7-9)12(14(16,17)18)19-13(21)20(11)6-5-8-1-2-8/h3-4,7-8,12H,1-2H2,(H,19,21). The molecule has 0 radical (unpaired) electrons. The summed E-state index contributed by atoms with van der Waals surface area (Å²) in [6, 6.07) is 3.73. The highest BCUT2D eigenvalue weighted by Gasteiger charge is 2.47. The normalized spacial score (nSPS) is 21.2. The van der Waals surface area contributed by atoms with Gasteiger partial charge in [-0.1, -0.05) is 17.5 Å². The number of carbonyl (C=O) groups excluding carboxylic acids is 1. The van der Waals surface area contributed by atoms with E-state index in [2.05, 4.69) is 12.0 Å². The molecule has 1 aliphatic carbocycles. The fourth-order valence-corrected chi connectivity index (χ4v) is 2.27. The van der Waals surface area contributed by atoms with E-state index in [1.165, 1.54) is 18.2 Å². The molecule has 3 rings (SSSR count). The average molecular weight is 315 g/mol. The van der Waals surface area contributed by atoms with E-state index in [0.29, 0.717) is 0 Å². The highest BCUT2D eigenvalue weighted by atomic mass is 35.5. The highest BCUT2D eigenvalue weighted by molar-refractivity contribution is 6.30. The molecule has 1 fully saturated rings. The van der Waals surface area contributed by atoms with E-state index in [9.17, 15) is 18.0 Å². The fourth-order valence-electron chi connectivity index (χ4n) is 2.09. The van der Waals surface area contributed by atoms with Crippen molar-refractivity contribution in [2.24, 2.45) is 5.92 Å². The third-order valence-corrected chi connectivity index (χ3v) is 3.53. The molecule has 2 amide bonds. The number of hydrogen-bond donors (Lipinski definition) is 1. The molecule has 1 heterocycles. The van der Waals surface area contributed by atoms with Gasteiger partial charge in [0.2, 0.25) is 0 Å². The minimum absolute atomic E-state index is 0.0975. The Balaban J connectivity index is 2.06. The van der Waals surface area contributed by atoms with E-state index in [4.69, 9.17) is 11.6 Å². The average Bonchev–Trinajstić information content (AvgIpc) is 3.20. The molecule has 3 nitrogen and oxygen atoms in total. The number of fused-ring (bicyclic) bond motifs is 1. The van der Waals surface area contributed by atoms with E-state index in [0.717, 1.165) is 17.7 Å². The maximum atomic E-state index is 13.1. The molecular formula is C14H10ClF3N2O. The highest BCUT2D eigenvalue weighted by Crippen LogP contribution is 2.41. The minimum Gasteiger partial charge on any atom is -0.321 e. The van der Waals surface area contributed by atoms with E-state index < -0.39 is 18.2 Å². The Morgan fingerprint density at radius 1 is 1.33 bits per heavy atom. The van der Waals surface area contributed by atoms with Gasteiger partial charge in [0.1, 0.15) is 0 Å². The monoisotopic (exact) mass is 314 g/mol. The molecule has 2 aliphatic rings. The molecular weight excluding hydrogens is 305 g/mol. The second-order valence-corrected chi connectivity index (χ2v) is 5.43. The molecule has 0 aromatic heterocycles. The number of urea groups is 1. The van der Waals surface area contributed by atoms with E-state index in [1.54, 1.807) is 0 Å². The van der Waals surface area contributed by atoms with Gasteiger partial charge in [-0.2, -0.15) is 13.2 Å². The summed E-state index contributed by atoms with van der Waals surface area (Å²) < 4.78 is 39.2. The van der Waals surface area contributed by atoms with Crippen LogP contribution >= 0.6 is 11.6 Å². The van der Waals surface area contributed by atoms with Gasteiger partial charge < -0.3 is 5.32 Å². The Hall–Kier alpha value is -1.87. The quantitative estimate of drug-likeness (QED) is 0.725. The maximum Gasteiger partial charge on any atom is 0.413 e. The first-order chi connectivity index (χ1) is 9.86. The first-order valence-electron chi connectivity index (χ1n) is 6.34. The summed E-state index contributed by atoms with van der Waals surface area (Å²) >= 11 is 5.78. The Labute approximate surface area is 124 Å². The van der Waals surface area contributed by atoms with E-state index in [1.807, 2.05) is 5.32 Å². The Kier molecular flexibility index (Phi) is 3.25. The third-order valence-electron chi connectivity index (χ3n) is 3.30. The number of alkyl halides is 3. The second kappa shape index (κ2) is 4.85. The van der Waals surface area contributed by atoms with Crippen LogP contribution in [0.3, 0.4) is 0 Å². The first-order valence-corrected chi connectivity index (χ1v) is 6.72. The minimum atomic E-state index is -4.59. The number of halogens is 4. The van der Waals surface area contributed by atoms with Gasteiger partial charge in [0, 0.05) is 22.5 Å². The van der Waals surface area contributed by atoms with Gasteiger partial charge in [-0.25, -0.2) is 9.69 Å². The van der Waals surface area contributed by atoms with Gasteiger partial charge in [-0.15, -0.1) is 0 Å². The maximum absolute atomic E-state index is 13.1. The van der Waals surface area contributed by atoms with Crippen molar-refractivity contribution in [3.8, 4) is 12.0 Å². The van der Waals surface area contributed by atoms with E-state index in [-0.39, 0.29) is 22.2 Å². The van der Waals surface area contributed by atoms with Crippen LogP contribution in [0.25, 0.3) is 0 Å². The summed E-state index contributed by atoms with van der Waals surface area (Å²) in [5, 5.41) is 2.11. The van der Waals surface area contributed by atoms with Crippen LogP contribution in [0, 0.1) is 17.9 Å². The Morgan fingerprint density at radius 3 is 2.67 bits per heavy atom. The molecule has 7 heteroatoms. The molecule has 1 N–H and O–H groups in total. The van der Waals surface area contributed by atoms with Crippen LogP contribution in [-0.4, -0.2) is 12.2 Å². The molecule has 21 heavy (non-hydrogen) atoms. The zero-order valence-electron chi connectivity index (χ0n) is 10.7. The van der Waals surface area contributed by atoms with Crippen molar-refractivity contribution < 1.29 is 18.0 Å². The molecule has 1 atom stereocenters. The van der Waals surface area contributed by atoms with Crippen LogP contribution < -0.4 is 10.2 Å². The Morgan fingerprint density at radius 2 is 2.05 bits per heavy atom. The molecule has 1 aliphatic heterocycles. The predicted octanol–water partition coefficient (Wildman–Crippen LogP) is 3.84.